The maximum absolute atomic E-state index is 13.0. The fourth-order valence-electron chi connectivity index (χ4n) is 2.57. The van der Waals surface area contributed by atoms with Gasteiger partial charge in [0.05, 0.1) is 22.6 Å². The third kappa shape index (κ3) is 3.96. The first-order valence-corrected chi connectivity index (χ1v) is 7.68. The molecule has 2 N–H and O–H groups in total. The number of aromatic nitrogens is 2. The van der Waals surface area contributed by atoms with E-state index in [9.17, 15) is 9.18 Å². The molecule has 0 radical (unpaired) electrons. The van der Waals surface area contributed by atoms with Crippen LogP contribution in [0, 0.1) is 19.7 Å². The maximum atomic E-state index is 13.0. The van der Waals surface area contributed by atoms with Gasteiger partial charge in [-0.15, -0.1) is 0 Å². The molecule has 6 heteroatoms. The summed E-state index contributed by atoms with van der Waals surface area (Å²) in [5, 5.41) is 16.2. The number of carbonyl (C=O) groups excluding carboxylic acids is 1. The van der Waals surface area contributed by atoms with E-state index >= 15 is 0 Å². The van der Waals surface area contributed by atoms with Crippen LogP contribution in [-0.4, -0.2) is 33.4 Å². The number of nitrogens with one attached hydrogen (secondary N) is 1. The maximum Gasteiger partial charge on any atom is 0.255 e. The van der Waals surface area contributed by atoms with E-state index in [0.29, 0.717) is 35.5 Å². The second-order valence-electron chi connectivity index (χ2n) is 5.67. The summed E-state index contributed by atoms with van der Waals surface area (Å²) in [5.74, 6) is -0.496. The lowest BCUT2D eigenvalue weighted by Gasteiger charge is -2.13. The molecule has 0 spiro atoms. The van der Waals surface area contributed by atoms with Crippen molar-refractivity contribution >= 4 is 5.91 Å². The molecular formula is C17H22FN3O2. The molecule has 5 nitrogen and oxygen atoms in total. The Labute approximate surface area is 135 Å². The molecule has 0 saturated heterocycles. The van der Waals surface area contributed by atoms with Crippen LogP contribution in [0.3, 0.4) is 0 Å². The highest BCUT2D eigenvalue weighted by molar-refractivity contribution is 5.96. The predicted molar refractivity (Wildman–Crippen MR) is 86.2 cm³/mol. The first-order valence-electron chi connectivity index (χ1n) is 7.68. The Balaban J connectivity index is 2.23. The SMILES string of the molecule is Cc1nn(-c2ccc(F)cc2)c(C)c1C(=O)NC(C)CCCO. The number of aliphatic hydroxyl groups is 1. The first kappa shape index (κ1) is 17.1. The van der Waals surface area contributed by atoms with Crippen molar-refractivity contribution in [2.45, 2.75) is 39.7 Å². The molecule has 0 aliphatic rings. The zero-order chi connectivity index (χ0) is 17.0. The smallest absolute Gasteiger partial charge is 0.255 e. The fraction of sp³-hybridized carbons (Fsp3) is 0.412. The summed E-state index contributed by atoms with van der Waals surface area (Å²) in [4.78, 5) is 12.5. The minimum Gasteiger partial charge on any atom is -0.396 e. The van der Waals surface area contributed by atoms with Crippen molar-refractivity contribution in [3.05, 3.63) is 47.0 Å². The van der Waals surface area contributed by atoms with Crippen LogP contribution in [0.5, 0.6) is 0 Å². The van der Waals surface area contributed by atoms with Gasteiger partial charge in [-0.1, -0.05) is 0 Å². The van der Waals surface area contributed by atoms with Crippen LogP contribution in [0.15, 0.2) is 24.3 Å². The van der Waals surface area contributed by atoms with Crippen molar-refractivity contribution in [2.75, 3.05) is 6.61 Å². The number of halogens is 1. The second-order valence-corrected chi connectivity index (χ2v) is 5.67. The van der Waals surface area contributed by atoms with Crippen LogP contribution in [0.1, 0.15) is 41.5 Å². The Morgan fingerprint density at radius 1 is 1.35 bits per heavy atom. The van der Waals surface area contributed by atoms with Gasteiger partial charge in [0.25, 0.3) is 5.91 Å². The van der Waals surface area contributed by atoms with Crippen molar-refractivity contribution in [1.82, 2.24) is 15.1 Å². The lowest BCUT2D eigenvalue weighted by molar-refractivity contribution is 0.0935. The Morgan fingerprint density at radius 2 is 2.00 bits per heavy atom. The summed E-state index contributed by atoms with van der Waals surface area (Å²) in [5.41, 5.74) is 2.57. The third-order valence-corrected chi connectivity index (χ3v) is 3.76. The van der Waals surface area contributed by atoms with E-state index in [4.69, 9.17) is 5.11 Å². The normalized spacial score (nSPS) is 12.2. The quantitative estimate of drug-likeness (QED) is 0.860. The fourth-order valence-corrected chi connectivity index (χ4v) is 2.57. The van der Waals surface area contributed by atoms with Crippen molar-refractivity contribution in [3.8, 4) is 5.69 Å². The molecule has 1 unspecified atom stereocenters. The number of rotatable bonds is 6. The minimum absolute atomic E-state index is 0.0254. The van der Waals surface area contributed by atoms with Gasteiger partial charge in [-0.2, -0.15) is 5.10 Å². The monoisotopic (exact) mass is 319 g/mol. The molecule has 1 atom stereocenters. The molecule has 1 aromatic carbocycles. The van der Waals surface area contributed by atoms with Gasteiger partial charge >= 0.3 is 0 Å². The number of benzene rings is 1. The molecule has 1 amide bonds. The van der Waals surface area contributed by atoms with E-state index in [1.165, 1.54) is 12.1 Å². The van der Waals surface area contributed by atoms with Crippen molar-refractivity contribution in [1.29, 1.82) is 0 Å². The third-order valence-electron chi connectivity index (χ3n) is 3.76. The summed E-state index contributed by atoms with van der Waals surface area (Å²) in [6, 6.07) is 5.95. The summed E-state index contributed by atoms with van der Waals surface area (Å²) >= 11 is 0. The topological polar surface area (TPSA) is 67.2 Å². The zero-order valence-electron chi connectivity index (χ0n) is 13.6. The van der Waals surface area contributed by atoms with Crippen LogP contribution in [-0.2, 0) is 0 Å². The van der Waals surface area contributed by atoms with Crippen LogP contribution in [0.2, 0.25) is 0 Å². The van der Waals surface area contributed by atoms with E-state index in [0.717, 1.165) is 0 Å². The zero-order valence-corrected chi connectivity index (χ0v) is 13.6. The van der Waals surface area contributed by atoms with Crippen LogP contribution in [0.4, 0.5) is 4.39 Å². The standard InChI is InChI=1S/C17H22FN3O2/c1-11(5-4-10-22)19-17(23)16-12(2)20-21(13(16)3)15-8-6-14(18)7-9-15/h6-9,11,22H,4-5,10H2,1-3H3,(H,19,23). The molecule has 0 aliphatic heterocycles. The minimum atomic E-state index is -0.314. The molecule has 23 heavy (non-hydrogen) atoms. The van der Waals surface area contributed by atoms with Gasteiger partial charge in [0, 0.05) is 12.6 Å². The van der Waals surface area contributed by atoms with Gasteiger partial charge in [0.2, 0.25) is 0 Å². The lowest BCUT2D eigenvalue weighted by Crippen LogP contribution is -2.33. The van der Waals surface area contributed by atoms with E-state index in [1.807, 2.05) is 13.8 Å². The van der Waals surface area contributed by atoms with E-state index in [-0.39, 0.29) is 24.4 Å². The molecule has 0 aliphatic carbocycles. The molecule has 2 aromatic rings. The lowest BCUT2D eigenvalue weighted by atomic mass is 10.1. The molecule has 1 aromatic heterocycles. The van der Waals surface area contributed by atoms with Crippen LogP contribution < -0.4 is 5.32 Å². The molecule has 0 saturated carbocycles. The van der Waals surface area contributed by atoms with E-state index < -0.39 is 0 Å². The van der Waals surface area contributed by atoms with Gasteiger partial charge in [-0.05, 0) is 57.9 Å². The number of carbonyl (C=O) groups is 1. The summed E-state index contributed by atoms with van der Waals surface area (Å²) < 4.78 is 14.7. The average Bonchev–Trinajstić information content (AvgIpc) is 2.81. The molecule has 0 fully saturated rings. The Bertz CT molecular complexity index is 680. The van der Waals surface area contributed by atoms with E-state index in [2.05, 4.69) is 10.4 Å². The predicted octanol–water partition coefficient (Wildman–Crippen LogP) is 2.52. The van der Waals surface area contributed by atoms with Gasteiger partial charge in [-0.3, -0.25) is 4.79 Å². The van der Waals surface area contributed by atoms with Crippen molar-refractivity contribution in [2.24, 2.45) is 0 Å². The largest absolute Gasteiger partial charge is 0.396 e. The highest BCUT2D eigenvalue weighted by atomic mass is 19.1. The average molecular weight is 319 g/mol. The molecular weight excluding hydrogens is 297 g/mol. The van der Waals surface area contributed by atoms with Crippen LogP contribution in [0.25, 0.3) is 5.69 Å². The van der Waals surface area contributed by atoms with E-state index in [1.54, 1.807) is 23.7 Å². The van der Waals surface area contributed by atoms with Gasteiger partial charge in [0.15, 0.2) is 0 Å². The Hall–Kier alpha value is -2.21. The van der Waals surface area contributed by atoms with Gasteiger partial charge in [0.1, 0.15) is 5.82 Å². The summed E-state index contributed by atoms with van der Waals surface area (Å²) in [7, 11) is 0. The van der Waals surface area contributed by atoms with Crippen molar-refractivity contribution < 1.29 is 14.3 Å². The molecule has 0 bridgehead atoms. The Kier molecular flexibility index (Phi) is 5.50. The number of hydrogen-bond acceptors (Lipinski definition) is 3. The highest BCUT2D eigenvalue weighted by Crippen LogP contribution is 2.18. The first-order chi connectivity index (χ1) is 10.9. The number of amides is 1. The number of nitrogens with zero attached hydrogens (tertiary/aromatic N) is 2. The highest BCUT2D eigenvalue weighted by Gasteiger charge is 2.20. The molecule has 124 valence electrons. The molecule has 2 rings (SSSR count). The van der Waals surface area contributed by atoms with Gasteiger partial charge in [-0.25, -0.2) is 9.07 Å². The van der Waals surface area contributed by atoms with Gasteiger partial charge < -0.3 is 10.4 Å². The summed E-state index contributed by atoms with van der Waals surface area (Å²) in [6.45, 7) is 5.61. The Morgan fingerprint density at radius 3 is 2.61 bits per heavy atom. The summed E-state index contributed by atoms with van der Waals surface area (Å²) in [6.07, 6.45) is 1.36. The number of aliphatic hydroxyl groups excluding tert-OH is 1. The van der Waals surface area contributed by atoms with Crippen molar-refractivity contribution in [3.63, 3.8) is 0 Å². The van der Waals surface area contributed by atoms with Crippen LogP contribution >= 0.6 is 0 Å². The second kappa shape index (κ2) is 7.37. The number of aryl methyl sites for hydroxylation is 1. The number of hydrogen-bond donors (Lipinski definition) is 2. The molecule has 1 heterocycles.